The van der Waals surface area contributed by atoms with Gasteiger partial charge in [-0.2, -0.15) is 13.2 Å². The normalized spacial score (nSPS) is 15.6. The van der Waals surface area contributed by atoms with Gasteiger partial charge in [-0.05, 0) is 42.0 Å². The van der Waals surface area contributed by atoms with Crippen molar-refractivity contribution in [1.82, 2.24) is 4.98 Å². The molecule has 4 nitrogen and oxygen atoms in total. The van der Waals surface area contributed by atoms with Crippen LogP contribution in [0.15, 0.2) is 71.8 Å². The smallest absolute Gasteiger partial charge is 0.368 e. The lowest BCUT2D eigenvalue weighted by atomic mass is 10.1. The topological polar surface area (TPSA) is 54.0 Å². The van der Waals surface area contributed by atoms with Gasteiger partial charge in [0.05, 0.1) is 16.8 Å². The maximum atomic E-state index is 13.0. The van der Waals surface area contributed by atoms with Crippen LogP contribution in [0.1, 0.15) is 26.9 Å². The number of nitrogens with one attached hydrogen (secondary N) is 2. The molecule has 1 amide bonds. The van der Waals surface area contributed by atoms with E-state index in [2.05, 4.69) is 15.6 Å². The molecule has 1 unspecified atom stereocenters. The van der Waals surface area contributed by atoms with Gasteiger partial charge in [-0.25, -0.2) is 4.98 Å². The van der Waals surface area contributed by atoms with Crippen LogP contribution in [0.4, 0.5) is 24.7 Å². The Morgan fingerprint density at radius 1 is 1.07 bits per heavy atom. The van der Waals surface area contributed by atoms with E-state index in [1.54, 1.807) is 42.6 Å². The molecule has 4 rings (SSSR count). The van der Waals surface area contributed by atoms with Gasteiger partial charge in [0.1, 0.15) is 11.2 Å². The van der Waals surface area contributed by atoms with E-state index in [4.69, 9.17) is 0 Å². The molecule has 2 heterocycles. The zero-order chi connectivity index (χ0) is 19.7. The number of nitrogens with zero attached hydrogens (tertiary/aromatic N) is 1. The first-order chi connectivity index (χ1) is 13.4. The first-order valence-corrected chi connectivity index (χ1v) is 9.25. The van der Waals surface area contributed by atoms with Crippen molar-refractivity contribution in [1.29, 1.82) is 0 Å². The summed E-state index contributed by atoms with van der Waals surface area (Å²) in [6, 6.07) is 15.6. The van der Waals surface area contributed by atoms with Gasteiger partial charge in [0.25, 0.3) is 5.91 Å². The van der Waals surface area contributed by atoms with Gasteiger partial charge >= 0.3 is 6.18 Å². The third-order valence-corrected chi connectivity index (χ3v) is 5.43. The van der Waals surface area contributed by atoms with E-state index in [0.717, 1.165) is 17.0 Å². The highest BCUT2D eigenvalue weighted by Crippen LogP contribution is 2.48. The SMILES string of the molecule is O=C(Nc1ccccn1)c1cccc2c1NC(c1cccc(C(F)(F)F)c1)S2. The largest absolute Gasteiger partial charge is 0.416 e. The quantitative estimate of drug-likeness (QED) is 0.603. The van der Waals surface area contributed by atoms with Crippen molar-refractivity contribution in [3.05, 3.63) is 83.6 Å². The minimum atomic E-state index is -4.40. The predicted octanol–water partition coefficient (Wildman–Crippen LogP) is 5.57. The second-order valence-corrected chi connectivity index (χ2v) is 7.26. The van der Waals surface area contributed by atoms with Crippen molar-refractivity contribution in [2.24, 2.45) is 0 Å². The molecule has 1 aliphatic rings. The lowest BCUT2D eigenvalue weighted by Crippen LogP contribution is -2.15. The number of para-hydroxylation sites is 1. The molecule has 0 bridgehead atoms. The maximum absolute atomic E-state index is 13.0. The van der Waals surface area contributed by atoms with Crippen LogP contribution >= 0.6 is 11.8 Å². The number of carbonyl (C=O) groups is 1. The number of pyridine rings is 1. The van der Waals surface area contributed by atoms with Crippen molar-refractivity contribution in [3.8, 4) is 0 Å². The van der Waals surface area contributed by atoms with Crippen LogP contribution in [0, 0.1) is 0 Å². The molecular weight excluding hydrogens is 387 g/mol. The van der Waals surface area contributed by atoms with E-state index in [-0.39, 0.29) is 5.91 Å². The van der Waals surface area contributed by atoms with Gasteiger partial charge in [-0.1, -0.05) is 36.0 Å². The fourth-order valence-electron chi connectivity index (χ4n) is 2.90. The molecule has 2 N–H and O–H groups in total. The molecule has 1 aromatic heterocycles. The number of benzene rings is 2. The van der Waals surface area contributed by atoms with Crippen molar-refractivity contribution in [3.63, 3.8) is 0 Å². The summed E-state index contributed by atoms with van der Waals surface area (Å²) < 4.78 is 39.0. The molecular formula is C20H14F3N3OS. The minimum Gasteiger partial charge on any atom is -0.368 e. The van der Waals surface area contributed by atoms with Gasteiger partial charge in [0, 0.05) is 11.1 Å². The molecule has 0 aliphatic carbocycles. The standard InChI is InChI=1S/C20H14F3N3OS/c21-20(22,23)13-6-3-5-12(11-13)19-26-17-14(7-4-8-15(17)28-19)18(27)25-16-9-1-2-10-24-16/h1-11,19,26H,(H,24,25,27). The van der Waals surface area contributed by atoms with Crippen LogP contribution in [0.5, 0.6) is 0 Å². The average Bonchev–Trinajstić information content (AvgIpc) is 3.12. The van der Waals surface area contributed by atoms with Gasteiger partial charge in [0.2, 0.25) is 0 Å². The molecule has 1 atom stereocenters. The Labute approximate surface area is 163 Å². The van der Waals surface area contributed by atoms with Crippen molar-refractivity contribution in [2.45, 2.75) is 16.4 Å². The van der Waals surface area contributed by atoms with Gasteiger partial charge in [-0.3, -0.25) is 4.79 Å². The summed E-state index contributed by atoms with van der Waals surface area (Å²) in [7, 11) is 0. The fraction of sp³-hybridized carbons (Fsp3) is 0.100. The van der Waals surface area contributed by atoms with Crippen molar-refractivity contribution in [2.75, 3.05) is 10.6 Å². The predicted molar refractivity (Wildman–Crippen MR) is 102 cm³/mol. The van der Waals surface area contributed by atoms with Crippen molar-refractivity contribution < 1.29 is 18.0 Å². The average molecular weight is 401 g/mol. The molecule has 8 heteroatoms. The van der Waals surface area contributed by atoms with E-state index in [9.17, 15) is 18.0 Å². The Hall–Kier alpha value is -3.00. The van der Waals surface area contributed by atoms with Crippen LogP contribution in [0.2, 0.25) is 0 Å². The fourth-order valence-corrected chi connectivity index (χ4v) is 4.06. The maximum Gasteiger partial charge on any atom is 0.416 e. The molecule has 0 saturated carbocycles. The molecule has 0 radical (unpaired) electrons. The minimum absolute atomic E-state index is 0.339. The Kier molecular flexibility index (Phi) is 4.72. The number of anilines is 2. The third-order valence-electron chi connectivity index (χ3n) is 4.21. The van der Waals surface area contributed by atoms with Crippen LogP contribution in [0.25, 0.3) is 0 Å². The summed E-state index contributed by atoms with van der Waals surface area (Å²) in [4.78, 5) is 17.5. The zero-order valence-corrected chi connectivity index (χ0v) is 15.1. The number of hydrogen-bond donors (Lipinski definition) is 2. The highest BCUT2D eigenvalue weighted by Gasteiger charge is 2.32. The lowest BCUT2D eigenvalue weighted by molar-refractivity contribution is -0.137. The van der Waals surface area contributed by atoms with E-state index >= 15 is 0 Å². The number of amides is 1. The van der Waals surface area contributed by atoms with E-state index in [1.807, 2.05) is 6.07 Å². The van der Waals surface area contributed by atoms with E-state index in [1.165, 1.54) is 17.8 Å². The third kappa shape index (κ3) is 3.68. The van der Waals surface area contributed by atoms with E-state index in [0.29, 0.717) is 22.6 Å². The Morgan fingerprint density at radius 3 is 2.64 bits per heavy atom. The summed E-state index contributed by atoms with van der Waals surface area (Å²) >= 11 is 1.37. The van der Waals surface area contributed by atoms with E-state index < -0.39 is 17.1 Å². The van der Waals surface area contributed by atoms with Crippen LogP contribution in [-0.2, 0) is 6.18 Å². The molecule has 28 heavy (non-hydrogen) atoms. The number of fused-ring (bicyclic) bond motifs is 1. The summed E-state index contributed by atoms with van der Waals surface area (Å²) in [6.07, 6.45) is -2.83. The summed E-state index contributed by atoms with van der Waals surface area (Å²) in [5, 5.41) is 5.49. The Morgan fingerprint density at radius 2 is 1.89 bits per heavy atom. The molecule has 0 spiro atoms. The summed E-state index contributed by atoms with van der Waals surface area (Å²) in [5.41, 5.74) is 0.803. The molecule has 2 aromatic carbocycles. The number of rotatable bonds is 3. The Bertz CT molecular complexity index is 1020. The van der Waals surface area contributed by atoms with Gasteiger partial charge in [-0.15, -0.1) is 0 Å². The highest BCUT2D eigenvalue weighted by molar-refractivity contribution is 8.00. The van der Waals surface area contributed by atoms with Crippen molar-refractivity contribution >= 4 is 29.2 Å². The number of thioether (sulfide) groups is 1. The monoisotopic (exact) mass is 401 g/mol. The Balaban J connectivity index is 1.59. The summed E-state index contributed by atoms with van der Waals surface area (Å²) in [5.74, 6) is 0.0820. The first-order valence-electron chi connectivity index (χ1n) is 8.37. The molecule has 3 aromatic rings. The number of hydrogen-bond acceptors (Lipinski definition) is 4. The zero-order valence-electron chi connectivity index (χ0n) is 14.3. The second kappa shape index (κ2) is 7.20. The number of halogens is 3. The van der Waals surface area contributed by atoms with Crippen LogP contribution in [0.3, 0.4) is 0 Å². The second-order valence-electron chi connectivity index (χ2n) is 6.11. The number of carbonyl (C=O) groups excluding carboxylic acids is 1. The molecule has 0 saturated heterocycles. The van der Waals surface area contributed by atoms with Crippen LogP contribution in [-0.4, -0.2) is 10.9 Å². The first kappa shape index (κ1) is 18.4. The number of alkyl halides is 3. The van der Waals surface area contributed by atoms with Gasteiger partial charge in [0.15, 0.2) is 0 Å². The molecule has 142 valence electrons. The molecule has 0 fully saturated rings. The molecule has 1 aliphatic heterocycles. The highest BCUT2D eigenvalue weighted by atomic mass is 32.2. The number of aromatic nitrogens is 1. The summed E-state index contributed by atoms with van der Waals surface area (Å²) in [6.45, 7) is 0. The van der Waals surface area contributed by atoms with Gasteiger partial charge < -0.3 is 10.6 Å². The van der Waals surface area contributed by atoms with Crippen LogP contribution < -0.4 is 10.6 Å². The lowest BCUT2D eigenvalue weighted by Gasteiger charge is -2.14.